The molecule has 0 fully saturated rings. The van der Waals surface area contributed by atoms with Crippen molar-refractivity contribution in [2.75, 3.05) is 0 Å². The topological polar surface area (TPSA) is 78.4 Å². The summed E-state index contributed by atoms with van der Waals surface area (Å²) in [7, 11) is 0. The summed E-state index contributed by atoms with van der Waals surface area (Å²) < 4.78 is 0. The summed E-state index contributed by atoms with van der Waals surface area (Å²) in [6, 6.07) is 8.55. The smallest absolute Gasteiger partial charge is 0.325 e. The predicted molar refractivity (Wildman–Crippen MR) is 58.8 cm³/mol. The minimum absolute atomic E-state index is 0.366. The van der Waals surface area contributed by atoms with Crippen LogP contribution in [0.25, 0.3) is 0 Å². The molecule has 0 saturated carbocycles. The van der Waals surface area contributed by atoms with Crippen LogP contribution in [0.1, 0.15) is 24.2 Å². The quantitative estimate of drug-likeness (QED) is 0.658. The van der Waals surface area contributed by atoms with E-state index in [-0.39, 0.29) is 5.91 Å². The molecule has 1 rings (SSSR count). The Morgan fingerprint density at radius 1 is 1.19 bits per heavy atom. The van der Waals surface area contributed by atoms with Crippen molar-refractivity contribution in [3.63, 3.8) is 0 Å². The Hall–Kier alpha value is -1.88. The van der Waals surface area contributed by atoms with Gasteiger partial charge in [-0.3, -0.25) is 15.0 Å². The van der Waals surface area contributed by atoms with Crippen LogP contribution in [0, 0.1) is 0 Å². The molecule has 1 aromatic rings. The fourth-order valence-corrected chi connectivity index (χ4v) is 0.928. The number of carboxylic acid groups (broad SMARTS) is 1. The number of amides is 1. The number of aliphatic carboxylic acids is 1. The van der Waals surface area contributed by atoms with Crippen LogP contribution in [0.15, 0.2) is 30.3 Å². The van der Waals surface area contributed by atoms with E-state index in [4.69, 9.17) is 5.11 Å². The van der Waals surface area contributed by atoms with Crippen molar-refractivity contribution in [2.45, 2.75) is 19.4 Å². The highest BCUT2D eigenvalue weighted by Crippen LogP contribution is 2.01. The van der Waals surface area contributed by atoms with E-state index in [9.17, 15) is 9.59 Å². The SMILES string of the molecule is CC(C)(NNC(=O)c1ccccc1)C(=O)O. The van der Waals surface area contributed by atoms with Crippen molar-refractivity contribution in [2.24, 2.45) is 0 Å². The number of hydrogen-bond donors (Lipinski definition) is 3. The molecule has 0 unspecified atom stereocenters. The number of nitrogens with one attached hydrogen (secondary N) is 2. The van der Waals surface area contributed by atoms with Gasteiger partial charge in [-0.25, -0.2) is 5.43 Å². The van der Waals surface area contributed by atoms with Gasteiger partial charge in [-0.2, -0.15) is 0 Å². The summed E-state index contributed by atoms with van der Waals surface area (Å²) in [5.41, 5.74) is 4.07. The second-order valence-corrected chi connectivity index (χ2v) is 3.88. The fourth-order valence-electron chi connectivity index (χ4n) is 0.928. The maximum atomic E-state index is 11.5. The molecule has 5 heteroatoms. The minimum atomic E-state index is -1.20. The first kappa shape index (κ1) is 12.2. The van der Waals surface area contributed by atoms with Crippen molar-refractivity contribution in [3.8, 4) is 0 Å². The third-order valence-electron chi connectivity index (χ3n) is 2.06. The summed E-state index contributed by atoms with van der Waals surface area (Å²) in [4.78, 5) is 22.3. The highest BCUT2D eigenvalue weighted by Gasteiger charge is 2.27. The van der Waals surface area contributed by atoms with Crippen molar-refractivity contribution in [3.05, 3.63) is 35.9 Å². The zero-order valence-corrected chi connectivity index (χ0v) is 9.15. The number of carbonyl (C=O) groups excluding carboxylic acids is 1. The average Bonchev–Trinajstić information content (AvgIpc) is 2.27. The Labute approximate surface area is 93.4 Å². The lowest BCUT2D eigenvalue weighted by Gasteiger charge is -2.21. The fraction of sp³-hybridized carbons (Fsp3) is 0.273. The molecule has 86 valence electrons. The number of carboxylic acids is 1. The standard InChI is InChI=1S/C11H14N2O3/c1-11(2,10(15)16)13-12-9(14)8-6-4-3-5-7-8/h3-7,13H,1-2H3,(H,12,14)(H,15,16). The lowest BCUT2D eigenvalue weighted by atomic mass is 10.1. The van der Waals surface area contributed by atoms with E-state index in [0.717, 1.165) is 0 Å². The first-order chi connectivity index (χ1) is 7.43. The zero-order valence-electron chi connectivity index (χ0n) is 9.15. The second kappa shape index (κ2) is 4.76. The Balaban J connectivity index is 2.58. The molecular formula is C11H14N2O3. The summed E-state index contributed by atoms with van der Waals surface area (Å²) in [5, 5.41) is 8.81. The van der Waals surface area contributed by atoms with Crippen LogP contribution in [-0.4, -0.2) is 22.5 Å². The summed E-state index contributed by atoms with van der Waals surface area (Å²) in [6.45, 7) is 2.92. The number of rotatable bonds is 4. The van der Waals surface area contributed by atoms with Crippen LogP contribution in [0.2, 0.25) is 0 Å². The van der Waals surface area contributed by atoms with E-state index in [1.807, 2.05) is 0 Å². The molecule has 0 heterocycles. The van der Waals surface area contributed by atoms with Gasteiger partial charge in [0, 0.05) is 5.56 Å². The van der Waals surface area contributed by atoms with Crippen LogP contribution in [0.4, 0.5) is 0 Å². The molecule has 0 aliphatic heterocycles. The third kappa shape index (κ3) is 3.06. The van der Waals surface area contributed by atoms with E-state index in [2.05, 4.69) is 10.9 Å². The minimum Gasteiger partial charge on any atom is -0.480 e. The largest absolute Gasteiger partial charge is 0.480 e. The second-order valence-electron chi connectivity index (χ2n) is 3.88. The monoisotopic (exact) mass is 222 g/mol. The molecule has 5 nitrogen and oxygen atoms in total. The van der Waals surface area contributed by atoms with Crippen LogP contribution in [0.5, 0.6) is 0 Å². The molecule has 0 bridgehead atoms. The van der Waals surface area contributed by atoms with Crippen molar-refractivity contribution in [1.29, 1.82) is 0 Å². The van der Waals surface area contributed by atoms with Crippen LogP contribution in [-0.2, 0) is 4.79 Å². The van der Waals surface area contributed by atoms with Gasteiger partial charge in [-0.05, 0) is 26.0 Å². The van der Waals surface area contributed by atoms with Crippen LogP contribution >= 0.6 is 0 Å². The van der Waals surface area contributed by atoms with Gasteiger partial charge in [-0.15, -0.1) is 0 Å². The lowest BCUT2D eigenvalue weighted by Crippen LogP contribution is -2.55. The van der Waals surface area contributed by atoms with Gasteiger partial charge >= 0.3 is 5.97 Å². The molecule has 0 radical (unpaired) electrons. The molecule has 1 aromatic carbocycles. The van der Waals surface area contributed by atoms with Gasteiger partial charge < -0.3 is 5.11 Å². The van der Waals surface area contributed by atoms with Gasteiger partial charge in [0.05, 0.1) is 0 Å². The molecular weight excluding hydrogens is 208 g/mol. The Morgan fingerprint density at radius 3 is 2.25 bits per heavy atom. The predicted octanol–water partition coefficient (Wildman–Crippen LogP) is 0.784. The van der Waals surface area contributed by atoms with Gasteiger partial charge in [0.15, 0.2) is 0 Å². The maximum absolute atomic E-state index is 11.5. The highest BCUT2D eigenvalue weighted by atomic mass is 16.4. The Bertz CT molecular complexity index is 387. The first-order valence-corrected chi connectivity index (χ1v) is 4.79. The summed E-state index contributed by atoms with van der Waals surface area (Å²) >= 11 is 0. The van der Waals surface area contributed by atoms with Gasteiger partial charge in [-0.1, -0.05) is 18.2 Å². The maximum Gasteiger partial charge on any atom is 0.325 e. The molecule has 0 saturated heterocycles. The summed E-state index contributed by atoms with van der Waals surface area (Å²) in [6.07, 6.45) is 0. The molecule has 0 aliphatic carbocycles. The van der Waals surface area contributed by atoms with Gasteiger partial charge in [0.25, 0.3) is 5.91 Å². The number of hydrogen-bond acceptors (Lipinski definition) is 3. The number of carbonyl (C=O) groups is 2. The summed E-state index contributed by atoms with van der Waals surface area (Å²) in [5.74, 6) is -1.41. The van der Waals surface area contributed by atoms with Crippen LogP contribution < -0.4 is 10.9 Å². The van der Waals surface area contributed by atoms with Crippen molar-refractivity contribution in [1.82, 2.24) is 10.9 Å². The van der Waals surface area contributed by atoms with Gasteiger partial charge in [0.1, 0.15) is 5.54 Å². The van der Waals surface area contributed by atoms with E-state index >= 15 is 0 Å². The van der Waals surface area contributed by atoms with E-state index in [0.29, 0.717) is 5.56 Å². The van der Waals surface area contributed by atoms with E-state index in [1.54, 1.807) is 30.3 Å². The van der Waals surface area contributed by atoms with E-state index in [1.165, 1.54) is 13.8 Å². The normalized spacial score (nSPS) is 10.9. The highest BCUT2D eigenvalue weighted by molar-refractivity contribution is 5.94. The molecule has 16 heavy (non-hydrogen) atoms. The molecule has 1 amide bonds. The Morgan fingerprint density at radius 2 is 1.75 bits per heavy atom. The number of hydrazine groups is 1. The molecule has 3 N–H and O–H groups in total. The average molecular weight is 222 g/mol. The van der Waals surface area contributed by atoms with Crippen LogP contribution in [0.3, 0.4) is 0 Å². The van der Waals surface area contributed by atoms with Crippen molar-refractivity contribution >= 4 is 11.9 Å². The number of benzene rings is 1. The Kier molecular flexibility index (Phi) is 3.63. The molecule has 0 atom stereocenters. The third-order valence-corrected chi connectivity index (χ3v) is 2.06. The van der Waals surface area contributed by atoms with Crippen molar-refractivity contribution < 1.29 is 14.7 Å². The first-order valence-electron chi connectivity index (χ1n) is 4.79. The molecule has 0 spiro atoms. The lowest BCUT2D eigenvalue weighted by molar-refractivity contribution is -0.143. The van der Waals surface area contributed by atoms with E-state index < -0.39 is 11.5 Å². The molecule has 0 aliphatic rings. The molecule has 0 aromatic heterocycles. The van der Waals surface area contributed by atoms with Gasteiger partial charge in [0.2, 0.25) is 0 Å². The zero-order chi connectivity index (χ0) is 12.2.